The minimum atomic E-state index is -0.821. The second-order valence-corrected chi connectivity index (χ2v) is 4.28. The molecule has 0 radical (unpaired) electrons. The average molecular weight is 283 g/mol. The van der Waals surface area contributed by atoms with Crippen molar-refractivity contribution in [3.8, 4) is 0 Å². The monoisotopic (exact) mass is 282 g/mol. The van der Waals surface area contributed by atoms with E-state index >= 15 is 0 Å². The Balaban J connectivity index is 2.52. The van der Waals surface area contributed by atoms with Gasteiger partial charge in [0.25, 0.3) is 0 Å². The van der Waals surface area contributed by atoms with Crippen LogP contribution in [-0.2, 0) is 17.8 Å². The first-order chi connectivity index (χ1) is 7.61. The van der Waals surface area contributed by atoms with Gasteiger partial charge in [0.2, 0.25) is 0 Å². The molecule has 0 bridgehead atoms. The summed E-state index contributed by atoms with van der Waals surface area (Å²) in [5.41, 5.74) is 1.67. The van der Waals surface area contributed by atoms with Crippen LogP contribution in [0.2, 0.25) is 0 Å². The van der Waals surface area contributed by atoms with Gasteiger partial charge in [0.05, 0.1) is 11.9 Å². The van der Waals surface area contributed by atoms with Gasteiger partial charge in [-0.2, -0.15) is 5.10 Å². The molecule has 0 atom stereocenters. The summed E-state index contributed by atoms with van der Waals surface area (Å²) in [5, 5.41) is 14.1. The van der Waals surface area contributed by atoms with Gasteiger partial charge in [0.1, 0.15) is 4.60 Å². The van der Waals surface area contributed by atoms with Crippen LogP contribution in [0.1, 0.15) is 12.5 Å². The molecule has 1 N–H and O–H groups in total. The summed E-state index contributed by atoms with van der Waals surface area (Å²) in [4.78, 5) is 10.6. The molecule has 0 aliphatic heterocycles. The molecule has 84 valence electrons. The minimum absolute atomic E-state index is 0.0414. The van der Waals surface area contributed by atoms with Crippen LogP contribution in [0.3, 0.4) is 0 Å². The summed E-state index contributed by atoms with van der Waals surface area (Å²) in [6, 6.07) is 5.52. The molecule has 0 aliphatic carbocycles. The van der Waals surface area contributed by atoms with Crippen LogP contribution in [0.4, 0.5) is 0 Å². The van der Waals surface area contributed by atoms with Crippen LogP contribution in [-0.4, -0.2) is 20.9 Å². The van der Waals surface area contributed by atoms with Gasteiger partial charge in [-0.3, -0.25) is 9.48 Å². The second kappa shape index (κ2) is 4.25. The molecule has 2 aromatic rings. The number of hydrogen-bond acceptors (Lipinski definition) is 2. The van der Waals surface area contributed by atoms with E-state index in [2.05, 4.69) is 21.0 Å². The molecule has 0 saturated carbocycles. The van der Waals surface area contributed by atoms with Crippen molar-refractivity contribution in [2.75, 3.05) is 0 Å². The summed E-state index contributed by atoms with van der Waals surface area (Å²) in [7, 11) is 0. The topological polar surface area (TPSA) is 55.1 Å². The highest BCUT2D eigenvalue weighted by molar-refractivity contribution is 9.10. The molecule has 1 aromatic carbocycles. The maximum absolute atomic E-state index is 10.6. The number of fused-ring (bicyclic) bond motifs is 1. The molecule has 0 spiro atoms. The molecule has 16 heavy (non-hydrogen) atoms. The highest BCUT2D eigenvalue weighted by Gasteiger charge is 2.09. The van der Waals surface area contributed by atoms with Crippen molar-refractivity contribution >= 4 is 32.8 Å². The smallest absolute Gasteiger partial charge is 0.307 e. The summed E-state index contributed by atoms with van der Waals surface area (Å²) in [6.45, 7) is 2.79. The van der Waals surface area contributed by atoms with Crippen LogP contribution >= 0.6 is 15.9 Å². The highest BCUT2D eigenvalue weighted by atomic mass is 79.9. The van der Waals surface area contributed by atoms with Crippen molar-refractivity contribution in [2.45, 2.75) is 19.9 Å². The van der Waals surface area contributed by atoms with Crippen molar-refractivity contribution < 1.29 is 9.90 Å². The number of hydrogen-bond donors (Lipinski definition) is 1. The molecule has 2 rings (SSSR count). The van der Waals surface area contributed by atoms with Crippen LogP contribution in [0.25, 0.3) is 10.9 Å². The van der Waals surface area contributed by atoms with E-state index in [1.165, 1.54) is 0 Å². The number of rotatable bonds is 3. The maximum atomic E-state index is 10.6. The summed E-state index contributed by atoms with van der Waals surface area (Å²) in [6.07, 6.45) is 0.0414. The van der Waals surface area contributed by atoms with E-state index in [9.17, 15) is 4.79 Å². The third-order valence-corrected chi connectivity index (χ3v) is 3.23. The van der Waals surface area contributed by atoms with Crippen LogP contribution in [0.15, 0.2) is 22.8 Å². The number of aromatic nitrogens is 2. The van der Waals surface area contributed by atoms with E-state index in [1.54, 1.807) is 6.07 Å². The SMILES string of the molecule is CCn1nc2ccc(CC(=O)O)cc2c1Br. The van der Waals surface area contributed by atoms with Crippen molar-refractivity contribution in [3.63, 3.8) is 0 Å². The Hall–Kier alpha value is -1.36. The highest BCUT2D eigenvalue weighted by Crippen LogP contribution is 2.24. The number of carbonyl (C=O) groups is 1. The second-order valence-electron chi connectivity index (χ2n) is 3.53. The zero-order valence-corrected chi connectivity index (χ0v) is 10.4. The van der Waals surface area contributed by atoms with E-state index in [0.29, 0.717) is 0 Å². The quantitative estimate of drug-likeness (QED) is 0.941. The number of nitrogens with zero attached hydrogens (tertiary/aromatic N) is 2. The fourth-order valence-electron chi connectivity index (χ4n) is 1.64. The lowest BCUT2D eigenvalue weighted by atomic mass is 10.1. The average Bonchev–Trinajstić information content (AvgIpc) is 2.55. The van der Waals surface area contributed by atoms with Gasteiger partial charge in [0.15, 0.2) is 0 Å². The Bertz CT molecular complexity index is 548. The fourth-order valence-corrected chi connectivity index (χ4v) is 2.29. The van der Waals surface area contributed by atoms with Gasteiger partial charge in [-0.25, -0.2) is 0 Å². The number of benzene rings is 1. The van der Waals surface area contributed by atoms with Gasteiger partial charge in [-0.05, 0) is 40.5 Å². The predicted octanol–water partition coefficient (Wildman–Crippen LogP) is 2.45. The normalized spacial score (nSPS) is 10.9. The van der Waals surface area contributed by atoms with Gasteiger partial charge < -0.3 is 5.11 Å². The Morgan fingerprint density at radius 2 is 2.31 bits per heavy atom. The Labute approximate surface area is 101 Å². The molecule has 0 saturated heterocycles. The summed E-state index contributed by atoms with van der Waals surface area (Å²) < 4.78 is 2.74. The Morgan fingerprint density at radius 1 is 1.56 bits per heavy atom. The number of carboxylic acids is 1. The third kappa shape index (κ3) is 1.95. The molecule has 0 unspecified atom stereocenters. The molecule has 0 amide bonds. The zero-order valence-electron chi connectivity index (χ0n) is 8.77. The number of aliphatic carboxylic acids is 1. The first kappa shape index (κ1) is 11.1. The molecule has 4 nitrogen and oxygen atoms in total. The van der Waals surface area contributed by atoms with Gasteiger partial charge >= 0.3 is 5.97 Å². The molecule has 0 aliphatic rings. The van der Waals surface area contributed by atoms with Crippen molar-refractivity contribution in [1.82, 2.24) is 9.78 Å². The molecule has 0 fully saturated rings. The number of halogens is 1. The summed E-state index contributed by atoms with van der Waals surface area (Å²) in [5.74, 6) is -0.821. The van der Waals surface area contributed by atoms with E-state index < -0.39 is 5.97 Å². The van der Waals surface area contributed by atoms with Crippen molar-refractivity contribution in [1.29, 1.82) is 0 Å². The Kier molecular flexibility index (Phi) is 2.96. The van der Waals surface area contributed by atoms with Crippen LogP contribution in [0, 0.1) is 0 Å². The maximum Gasteiger partial charge on any atom is 0.307 e. The lowest BCUT2D eigenvalue weighted by Gasteiger charge is -1.97. The number of carboxylic acid groups (broad SMARTS) is 1. The molecule has 1 heterocycles. The van der Waals surface area contributed by atoms with Gasteiger partial charge in [0, 0.05) is 11.9 Å². The molecular weight excluding hydrogens is 272 g/mol. The van der Waals surface area contributed by atoms with Crippen molar-refractivity contribution in [3.05, 3.63) is 28.4 Å². The van der Waals surface area contributed by atoms with Gasteiger partial charge in [-0.15, -0.1) is 0 Å². The summed E-state index contributed by atoms with van der Waals surface area (Å²) >= 11 is 3.47. The first-order valence-electron chi connectivity index (χ1n) is 4.98. The molecule has 5 heteroatoms. The van der Waals surface area contributed by atoms with Gasteiger partial charge in [-0.1, -0.05) is 6.07 Å². The van der Waals surface area contributed by atoms with E-state index in [4.69, 9.17) is 5.11 Å². The van der Waals surface area contributed by atoms with Crippen LogP contribution in [0.5, 0.6) is 0 Å². The van der Waals surface area contributed by atoms with E-state index in [0.717, 1.165) is 27.6 Å². The molecular formula is C11H11BrN2O2. The minimum Gasteiger partial charge on any atom is -0.481 e. The largest absolute Gasteiger partial charge is 0.481 e. The lowest BCUT2D eigenvalue weighted by molar-refractivity contribution is -0.136. The zero-order chi connectivity index (χ0) is 11.7. The lowest BCUT2D eigenvalue weighted by Crippen LogP contribution is -1.99. The number of aryl methyl sites for hydroxylation is 1. The third-order valence-electron chi connectivity index (χ3n) is 2.39. The predicted molar refractivity (Wildman–Crippen MR) is 64.4 cm³/mol. The van der Waals surface area contributed by atoms with Crippen LogP contribution < -0.4 is 0 Å². The fraction of sp³-hybridized carbons (Fsp3) is 0.273. The van der Waals surface area contributed by atoms with Crippen molar-refractivity contribution in [2.24, 2.45) is 0 Å². The first-order valence-corrected chi connectivity index (χ1v) is 5.78. The van der Waals surface area contributed by atoms with E-state index in [-0.39, 0.29) is 6.42 Å². The Morgan fingerprint density at radius 3 is 2.94 bits per heavy atom. The molecule has 1 aromatic heterocycles. The van der Waals surface area contributed by atoms with E-state index in [1.807, 2.05) is 23.7 Å². The standard InChI is InChI=1S/C11H11BrN2O2/c1-2-14-11(12)8-5-7(6-10(15)16)3-4-9(8)13-14/h3-5H,2,6H2,1H3,(H,15,16).